The van der Waals surface area contributed by atoms with Gasteiger partial charge in [-0.1, -0.05) is 12.1 Å². The van der Waals surface area contributed by atoms with Crippen LogP contribution in [-0.2, 0) is 21.1 Å². The fraction of sp³-hybridized carbons (Fsp3) is 0.294. The summed E-state index contributed by atoms with van der Waals surface area (Å²) < 4.78 is 24.2. The van der Waals surface area contributed by atoms with E-state index >= 15 is 0 Å². The summed E-state index contributed by atoms with van der Waals surface area (Å²) in [6.45, 7) is 3.25. The third-order valence-electron chi connectivity index (χ3n) is 3.63. The molecule has 2 amide bonds. The first-order chi connectivity index (χ1) is 11.8. The Bertz CT molecular complexity index is 868. The Morgan fingerprint density at radius 3 is 2.32 bits per heavy atom. The molecule has 0 saturated heterocycles. The largest absolute Gasteiger partial charge is 0.355 e. The molecule has 0 atom stereocenters. The number of amides is 2. The van der Waals surface area contributed by atoms with Gasteiger partial charge in [-0.15, -0.1) is 11.3 Å². The molecule has 0 aliphatic heterocycles. The molecule has 0 unspecified atom stereocenters. The SMILES string of the molecule is CNC(=O)c1ccsc1NC(=O)Cc1ccc(S(=O)(=O)C(C)C)cc1. The molecule has 0 fully saturated rings. The molecule has 2 rings (SSSR count). The molecule has 0 spiro atoms. The van der Waals surface area contributed by atoms with Crippen molar-refractivity contribution in [1.82, 2.24) is 5.32 Å². The summed E-state index contributed by atoms with van der Waals surface area (Å²) in [5.74, 6) is -0.535. The molecule has 0 saturated carbocycles. The number of carbonyl (C=O) groups is 2. The predicted octanol–water partition coefficient (Wildman–Crippen LogP) is 2.47. The van der Waals surface area contributed by atoms with Gasteiger partial charge >= 0.3 is 0 Å². The van der Waals surface area contributed by atoms with Crippen LogP contribution < -0.4 is 10.6 Å². The van der Waals surface area contributed by atoms with E-state index in [2.05, 4.69) is 10.6 Å². The van der Waals surface area contributed by atoms with Gasteiger partial charge in [0, 0.05) is 7.05 Å². The second-order valence-electron chi connectivity index (χ2n) is 5.71. The number of hydrogen-bond acceptors (Lipinski definition) is 5. The summed E-state index contributed by atoms with van der Waals surface area (Å²) >= 11 is 1.27. The van der Waals surface area contributed by atoms with Crippen molar-refractivity contribution < 1.29 is 18.0 Å². The van der Waals surface area contributed by atoms with Gasteiger partial charge in [0.1, 0.15) is 5.00 Å². The average molecular weight is 380 g/mol. The van der Waals surface area contributed by atoms with Crippen molar-refractivity contribution in [1.29, 1.82) is 0 Å². The Morgan fingerprint density at radius 1 is 1.12 bits per heavy atom. The number of benzene rings is 1. The quantitative estimate of drug-likeness (QED) is 0.805. The highest BCUT2D eigenvalue weighted by molar-refractivity contribution is 7.92. The van der Waals surface area contributed by atoms with Crippen LogP contribution in [0.15, 0.2) is 40.6 Å². The fourth-order valence-electron chi connectivity index (χ4n) is 2.14. The molecule has 8 heteroatoms. The average Bonchev–Trinajstić information content (AvgIpc) is 3.02. The second kappa shape index (κ2) is 7.79. The van der Waals surface area contributed by atoms with E-state index in [-0.39, 0.29) is 23.1 Å². The minimum atomic E-state index is -3.32. The number of sulfone groups is 1. The maximum Gasteiger partial charge on any atom is 0.254 e. The molecule has 2 N–H and O–H groups in total. The summed E-state index contributed by atoms with van der Waals surface area (Å²) in [6, 6.07) is 7.93. The van der Waals surface area contributed by atoms with Crippen LogP contribution in [0.5, 0.6) is 0 Å². The number of carbonyl (C=O) groups excluding carboxylic acids is 2. The standard InChI is InChI=1S/C17H20N2O4S2/c1-11(2)25(22,23)13-6-4-12(5-7-13)10-15(20)19-17-14(8-9-24-17)16(21)18-3/h4-9,11H,10H2,1-3H3,(H,18,21)(H,19,20). The maximum absolute atomic E-state index is 12.2. The van der Waals surface area contributed by atoms with Gasteiger partial charge in [0.2, 0.25) is 5.91 Å². The number of rotatable bonds is 6. The summed E-state index contributed by atoms with van der Waals surface area (Å²) in [6.07, 6.45) is 0.0904. The van der Waals surface area contributed by atoms with E-state index < -0.39 is 15.1 Å². The highest BCUT2D eigenvalue weighted by atomic mass is 32.2. The van der Waals surface area contributed by atoms with Crippen LogP contribution in [0.3, 0.4) is 0 Å². The summed E-state index contributed by atoms with van der Waals surface area (Å²) in [5, 5.41) is 6.96. The normalized spacial score (nSPS) is 11.4. The first-order valence-corrected chi connectivity index (χ1v) is 10.1. The van der Waals surface area contributed by atoms with Crippen molar-refractivity contribution in [2.45, 2.75) is 30.4 Å². The fourth-order valence-corrected chi connectivity index (χ4v) is 4.01. The van der Waals surface area contributed by atoms with Crippen molar-refractivity contribution in [3.05, 3.63) is 46.8 Å². The van der Waals surface area contributed by atoms with Crippen LogP contribution in [-0.4, -0.2) is 32.5 Å². The molecular formula is C17H20N2O4S2. The topological polar surface area (TPSA) is 92.3 Å². The van der Waals surface area contributed by atoms with E-state index in [1.54, 1.807) is 37.4 Å². The lowest BCUT2D eigenvalue weighted by molar-refractivity contribution is -0.115. The van der Waals surface area contributed by atoms with Crippen LogP contribution in [0.25, 0.3) is 0 Å². The van der Waals surface area contributed by atoms with E-state index in [0.29, 0.717) is 16.1 Å². The zero-order valence-electron chi connectivity index (χ0n) is 14.2. The summed E-state index contributed by atoms with van der Waals surface area (Å²) in [5.41, 5.74) is 1.11. The first-order valence-electron chi connectivity index (χ1n) is 7.68. The predicted molar refractivity (Wildman–Crippen MR) is 98.8 cm³/mol. The molecule has 6 nitrogen and oxygen atoms in total. The third kappa shape index (κ3) is 4.46. The van der Waals surface area contributed by atoms with Gasteiger partial charge in [-0.3, -0.25) is 9.59 Å². The second-order valence-corrected chi connectivity index (χ2v) is 9.13. The van der Waals surface area contributed by atoms with Crippen molar-refractivity contribution in [2.24, 2.45) is 0 Å². The van der Waals surface area contributed by atoms with Crippen molar-refractivity contribution in [3.63, 3.8) is 0 Å². The molecule has 0 radical (unpaired) electrons. The minimum absolute atomic E-state index is 0.0904. The monoisotopic (exact) mass is 380 g/mol. The zero-order chi connectivity index (χ0) is 18.6. The Morgan fingerprint density at radius 2 is 1.76 bits per heavy atom. The number of nitrogens with one attached hydrogen (secondary N) is 2. The lowest BCUT2D eigenvalue weighted by atomic mass is 10.1. The molecule has 2 aromatic rings. The van der Waals surface area contributed by atoms with E-state index in [9.17, 15) is 18.0 Å². The van der Waals surface area contributed by atoms with Crippen LogP contribution in [0, 0.1) is 0 Å². The molecule has 1 heterocycles. The highest BCUT2D eigenvalue weighted by Gasteiger charge is 2.19. The molecule has 134 valence electrons. The number of thiophene rings is 1. The van der Waals surface area contributed by atoms with Crippen molar-refractivity contribution in [3.8, 4) is 0 Å². The molecule has 1 aromatic carbocycles. The van der Waals surface area contributed by atoms with E-state index in [1.165, 1.54) is 30.5 Å². The number of hydrogen-bond donors (Lipinski definition) is 2. The Balaban J connectivity index is 2.07. The Labute approximate surface area is 151 Å². The van der Waals surface area contributed by atoms with Gasteiger partial charge in [-0.05, 0) is 43.0 Å². The third-order valence-corrected chi connectivity index (χ3v) is 6.63. The summed E-state index contributed by atoms with van der Waals surface area (Å²) in [7, 11) is -1.80. The van der Waals surface area contributed by atoms with Crippen LogP contribution in [0.2, 0.25) is 0 Å². The number of anilines is 1. The van der Waals surface area contributed by atoms with Crippen molar-refractivity contribution in [2.75, 3.05) is 12.4 Å². The van der Waals surface area contributed by atoms with Gasteiger partial charge in [-0.2, -0.15) is 0 Å². The lowest BCUT2D eigenvalue weighted by Crippen LogP contribution is -2.20. The smallest absolute Gasteiger partial charge is 0.254 e. The molecule has 0 aliphatic carbocycles. The summed E-state index contributed by atoms with van der Waals surface area (Å²) in [4.78, 5) is 24.1. The van der Waals surface area contributed by atoms with Gasteiger partial charge in [0.25, 0.3) is 5.91 Å². The molecule has 1 aromatic heterocycles. The van der Waals surface area contributed by atoms with Crippen molar-refractivity contribution >= 4 is 38.0 Å². The van der Waals surface area contributed by atoms with Gasteiger partial charge in [-0.25, -0.2) is 8.42 Å². The van der Waals surface area contributed by atoms with E-state index in [1.807, 2.05) is 0 Å². The van der Waals surface area contributed by atoms with Gasteiger partial charge in [0.15, 0.2) is 9.84 Å². The first kappa shape index (κ1) is 19.1. The van der Waals surface area contributed by atoms with Gasteiger partial charge < -0.3 is 10.6 Å². The molecular weight excluding hydrogens is 360 g/mol. The molecule has 0 aliphatic rings. The minimum Gasteiger partial charge on any atom is -0.355 e. The highest BCUT2D eigenvalue weighted by Crippen LogP contribution is 2.23. The van der Waals surface area contributed by atoms with Crippen LogP contribution in [0.4, 0.5) is 5.00 Å². The lowest BCUT2D eigenvalue weighted by Gasteiger charge is -2.09. The molecule has 25 heavy (non-hydrogen) atoms. The van der Waals surface area contributed by atoms with E-state index in [4.69, 9.17) is 0 Å². The van der Waals surface area contributed by atoms with Crippen LogP contribution >= 0.6 is 11.3 Å². The van der Waals surface area contributed by atoms with Crippen LogP contribution in [0.1, 0.15) is 29.8 Å². The maximum atomic E-state index is 12.2. The van der Waals surface area contributed by atoms with Gasteiger partial charge in [0.05, 0.1) is 22.1 Å². The Kier molecular flexibility index (Phi) is 5.97. The Hall–Kier alpha value is -2.19. The zero-order valence-corrected chi connectivity index (χ0v) is 15.8. The molecule has 0 bridgehead atoms. The van der Waals surface area contributed by atoms with E-state index in [0.717, 1.165) is 0 Å².